The van der Waals surface area contributed by atoms with E-state index in [4.69, 9.17) is 4.74 Å². The lowest BCUT2D eigenvalue weighted by Crippen LogP contribution is -2.27. The van der Waals surface area contributed by atoms with Crippen LogP contribution in [0.3, 0.4) is 0 Å². The summed E-state index contributed by atoms with van der Waals surface area (Å²) in [5, 5.41) is 0. The first kappa shape index (κ1) is 9.72. The van der Waals surface area contributed by atoms with Crippen molar-refractivity contribution in [2.45, 2.75) is 39.7 Å². The van der Waals surface area contributed by atoms with Crippen molar-refractivity contribution in [2.75, 3.05) is 6.61 Å². The van der Waals surface area contributed by atoms with Crippen LogP contribution in [-0.4, -0.2) is 18.5 Å². The van der Waals surface area contributed by atoms with E-state index in [1.165, 1.54) is 0 Å². The largest absolute Gasteiger partial charge is 0.377 e. The van der Waals surface area contributed by atoms with Gasteiger partial charge in [-0.2, -0.15) is 0 Å². The summed E-state index contributed by atoms with van der Waals surface area (Å²) in [6.07, 6.45) is 2.08. The van der Waals surface area contributed by atoms with E-state index in [0.29, 0.717) is 5.78 Å². The Morgan fingerprint density at radius 1 is 1.58 bits per heavy atom. The zero-order chi connectivity index (χ0) is 9.14. The molecule has 1 saturated heterocycles. The predicted molar refractivity (Wildman–Crippen MR) is 48.0 cm³/mol. The quantitative estimate of drug-likeness (QED) is 0.647. The normalized spacial score (nSPS) is 29.7. The number of carbonyl (C=O) groups is 1. The Kier molecular flexibility index (Phi) is 3.27. The van der Waals surface area contributed by atoms with Crippen LogP contribution in [0.15, 0.2) is 0 Å². The van der Waals surface area contributed by atoms with E-state index in [-0.39, 0.29) is 17.9 Å². The Bertz CT molecular complexity index is 163. The highest BCUT2D eigenvalue weighted by atomic mass is 16.5. The van der Waals surface area contributed by atoms with E-state index in [1.54, 1.807) is 0 Å². The van der Waals surface area contributed by atoms with Crippen LogP contribution in [0.4, 0.5) is 0 Å². The number of carbonyl (C=O) groups excluding carboxylic acids is 1. The van der Waals surface area contributed by atoms with Crippen molar-refractivity contribution in [1.82, 2.24) is 0 Å². The zero-order valence-electron chi connectivity index (χ0n) is 8.17. The Hall–Kier alpha value is -0.370. The van der Waals surface area contributed by atoms with Gasteiger partial charge in [-0.05, 0) is 12.8 Å². The van der Waals surface area contributed by atoms with Gasteiger partial charge >= 0.3 is 0 Å². The summed E-state index contributed by atoms with van der Waals surface area (Å²) in [6.45, 7) is 6.78. The molecular weight excluding hydrogens is 152 g/mol. The van der Waals surface area contributed by atoms with E-state index < -0.39 is 0 Å². The van der Waals surface area contributed by atoms with Gasteiger partial charge in [0.2, 0.25) is 0 Å². The van der Waals surface area contributed by atoms with Crippen LogP contribution in [0, 0.1) is 11.8 Å². The summed E-state index contributed by atoms with van der Waals surface area (Å²) >= 11 is 0. The molecule has 0 aliphatic carbocycles. The lowest BCUT2D eigenvalue weighted by Gasteiger charge is -2.17. The van der Waals surface area contributed by atoms with Crippen LogP contribution in [0.1, 0.15) is 33.6 Å². The first-order chi connectivity index (χ1) is 5.66. The van der Waals surface area contributed by atoms with Gasteiger partial charge in [-0.3, -0.25) is 4.79 Å². The Labute approximate surface area is 74.3 Å². The molecule has 1 aliphatic heterocycles. The zero-order valence-corrected chi connectivity index (χ0v) is 8.17. The molecule has 0 aromatic rings. The molecule has 1 aliphatic rings. The minimum absolute atomic E-state index is 0.158. The predicted octanol–water partition coefficient (Wildman–Crippen LogP) is 2.03. The fraction of sp³-hybridized carbons (Fsp3) is 0.900. The average Bonchev–Trinajstić information content (AvgIpc) is 2.49. The molecule has 1 heterocycles. The van der Waals surface area contributed by atoms with E-state index in [2.05, 4.69) is 6.92 Å². The topological polar surface area (TPSA) is 26.3 Å². The van der Waals surface area contributed by atoms with Gasteiger partial charge in [-0.15, -0.1) is 0 Å². The molecule has 2 unspecified atom stereocenters. The SMILES string of the molecule is CCC1OCCC1C(=O)C(C)C. The van der Waals surface area contributed by atoms with E-state index >= 15 is 0 Å². The molecule has 2 nitrogen and oxygen atoms in total. The molecule has 0 aromatic carbocycles. The number of ether oxygens (including phenoxy) is 1. The van der Waals surface area contributed by atoms with Crippen molar-refractivity contribution in [3.05, 3.63) is 0 Å². The van der Waals surface area contributed by atoms with Gasteiger partial charge in [-0.1, -0.05) is 20.8 Å². The molecule has 1 rings (SSSR count). The Morgan fingerprint density at radius 2 is 2.25 bits per heavy atom. The summed E-state index contributed by atoms with van der Waals surface area (Å²) < 4.78 is 5.47. The first-order valence-electron chi connectivity index (χ1n) is 4.82. The summed E-state index contributed by atoms with van der Waals surface area (Å²) in [4.78, 5) is 11.6. The summed E-state index contributed by atoms with van der Waals surface area (Å²) in [6, 6.07) is 0. The second-order valence-corrected chi connectivity index (χ2v) is 3.77. The van der Waals surface area contributed by atoms with E-state index in [9.17, 15) is 4.79 Å². The molecule has 0 spiro atoms. The minimum Gasteiger partial charge on any atom is -0.377 e. The van der Waals surface area contributed by atoms with Crippen molar-refractivity contribution in [2.24, 2.45) is 11.8 Å². The third kappa shape index (κ3) is 1.86. The molecule has 70 valence electrons. The maximum absolute atomic E-state index is 11.6. The monoisotopic (exact) mass is 170 g/mol. The third-order valence-electron chi connectivity index (χ3n) is 2.55. The average molecular weight is 170 g/mol. The van der Waals surface area contributed by atoms with E-state index in [0.717, 1.165) is 19.4 Å². The molecule has 0 N–H and O–H groups in total. The van der Waals surface area contributed by atoms with Crippen LogP contribution in [0.5, 0.6) is 0 Å². The van der Waals surface area contributed by atoms with Gasteiger partial charge in [0.25, 0.3) is 0 Å². The number of hydrogen-bond acceptors (Lipinski definition) is 2. The molecule has 2 atom stereocenters. The Morgan fingerprint density at radius 3 is 2.75 bits per heavy atom. The number of rotatable bonds is 3. The molecule has 0 bridgehead atoms. The maximum atomic E-state index is 11.6. The fourth-order valence-electron chi connectivity index (χ4n) is 1.80. The van der Waals surface area contributed by atoms with Crippen LogP contribution < -0.4 is 0 Å². The number of hydrogen-bond donors (Lipinski definition) is 0. The van der Waals surface area contributed by atoms with Crippen molar-refractivity contribution in [3.8, 4) is 0 Å². The van der Waals surface area contributed by atoms with Gasteiger partial charge in [0.15, 0.2) is 0 Å². The molecule has 1 fully saturated rings. The van der Waals surface area contributed by atoms with Gasteiger partial charge < -0.3 is 4.74 Å². The van der Waals surface area contributed by atoms with Crippen LogP contribution >= 0.6 is 0 Å². The van der Waals surface area contributed by atoms with Gasteiger partial charge in [0.05, 0.1) is 6.10 Å². The van der Waals surface area contributed by atoms with Gasteiger partial charge in [0, 0.05) is 18.4 Å². The van der Waals surface area contributed by atoms with Crippen molar-refractivity contribution >= 4 is 5.78 Å². The maximum Gasteiger partial charge on any atom is 0.141 e. The van der Waals surface area contributed by atoms with Gasteiger partial charge in [0.1, 0.15) is 5.78 Å². The standard InChI is InChI=1S/C10H18O2/c1-4-9-8(5-6-12-9)10(11)7(2)3/h7-9H,4-6H2,1-3H3. The highest BCUT2D eigenvalue weighted by Gasteiger charge is 2.33. The number of Topliss-reactive ketones (excluding diaryl/α,β-unsaturated/α-hetero) is 1. The highest BCUT2D eigenvalue weighted by Crippen LogP contribution is 2.26. The van der Waals surface area contributed by atoms with Crippen LogP contribution in [-0.2, 0) is 9.53 Å². The minimum atomic E-state index is 0.158. The van der Waals surface area contributed by atoms with Crippen molar-refractivity contribution < 1.29 is 9.53 Å². The lowest BCUT2D eigenvalue weighted by atomic mass is 9.89. The smallest absolute Gasteiger partial charge is 0.141 e. The molecule has 0 amide bonds. The van der Waals surface area contributed by atoms with Crippen LogP contribution in [0.2, 0.25) is 0 Å². The molecule has 0 radical (unpaired) electrons. The molecule has 12 heavy (non-hydrogen) atoms. The second-order valence-electron chi connectivity index (χ2n) is 3.77. The molecular formula is C10H18O2. The second kappa shape index (κ2) is 4.04. The molecule has 2 heteroatoms. The number of ketones is 1. The molecule has 0 saturated carbocycles. The first-order valence-corrected chi connectivity index (χ1v) is 4.82. The summed E-state index contributed by atoms with van der Waals surface area (Å²) in [5.74, 6) is 0.708. The summed E-state index contributed by atoms with van der Waals surface area (Å²) in [5.41, 5.74) is 0. The van der Waals surface area contributed by atoms with Crippen molar-refractivity contribution in [1.29, 1.82) is 0 Å². The highest BCUT2D eigenvalue weighted by molar-refractivity contribution is 5.83. The van der Waals surface area contributed by atoms with Gasteiger partial charge in [-0.25, -0.2) is 0 Å². The molecule has 0 aromatic heterocycles. The van der Waals surface area contributed by atoms with Crippen molar-refractivity contribution in [3.63, 3.8) is 0 Å². The third-order valence-corrected chi connectivity index (χ3v) is 2.55. The fourth-order valence-corrected chi connectivity index (χ4v) is 1.80. The Balaban J connectivity index is 2.55. The lowest BCUT2D eigenvalue weighted by molar-refractivity contribution is -0.127. The summed E-state index contributed by atoms with van der Waals surface area (Å²) in [7, 11) is 0. The van der Waals surface area contributed by atoms with E-state index in [1.807, 2.05) is 13.8 Å². The van der Waals surface area contributed by atoms with Crippen LogP contribution in [0.25, 0.3) is 0 Å².